The Balaban J connectivity index is -0.000000108. The van der Waals surface area contributed by atoms with E-state index in [1.165, 1.54) is 5.69 Å². The Morgan fingerprint density at radius 1 is 0.804 bits per heavy atom. The Kier molecular flexibility index (Phi) is 5.00. The highest BCUT2D eigenvalue weighted by Crippen LogP contribution is 2.51. The van der Waals surface area contributed by atoms with Gasteiger partial charge in [0.25, 0.3) is 5.91 Å². The number of primary amides is 1. The minimum atomic E-state index is -0.645. The predicted molar refractivity (Wildman–Crippen MR) is 229 cm³/mol. The lowest BCUT2D eigenvalue weighted by atomic mass is 9.58. The number of nitrogens with zero attached hydrogens (tertiary/aromatic N) is 5. The zero-order chi connectivity index (χ0) is 66.4. The van der Waals surface area contributed by atoms with Crippen LogP contribution in [0, 0.1) is 44.1 Å². The van der Waals surface area contributed by atoms with Crippen LogP contribution < -0.4 is 5.73 Å². The lowest BCUT2D eigenvalue weighted by molar-refractivity contribution is -0.126. The molecule has 292 valence electrons. The van der Waals surface area contributed by atoms with Crippen LogP contribution in [0.5, 0.6) is 0 Å². The number of Topliss-reactive ketones (excluding diaryl/α,β-unsaturated/α-hetero) is 2. The third-order valence-corrected chi connectivity index (χ3v) is 12.1. The van der Waals surface area contributed by atoms with Crippen molar-refractivity contribution in [3.63, 3.8) is 0 Å². The van der Waals surface area contributed by atoms with Gasteiger partial charge in [-0.25, -0.2) is 14.8 Å². The molecule has 8 rings (SSSR count). The second kappa shape index (κ2) is 12.4. The molecule has 2 aromatic carbocycles. The summed E-state index contributed by atoms with van der Waals surface area (Å²) < 4.78 is 154. The summed E-state index contributed by atoms with van der Waals surface area (Å²) in [6, 6.07) is 20.4. The highest BCUT2D eigenvalue weighted by molar-refractivity contribution is 6.20. The number of benzene rings is 2. The van der Waals surface area contributed by atoms with E-state index in [0.717, 1.165) is 65.8 Å². The molecule has 0 fully saturated rings. The van der Waals surface area contributed by atoms with Gasteiger partial charge in [-0.3, -0.25) is 9.59 Å². The first-order chi connectivity index (χ1) is 39.3. The molecule has 0 saturated carbocycles. The van der Waals surface area contributed by atoms with Crippen molar-refractivity contribution in [2.45, 2.75) is 78.1 Å². The third-order valence-electron chi connectivity index (χ3n) is 12.1. The number of hydrogen-bond donors (Lipinski definition) is 1. The number of carbonyl (C=O) groups excluding carboxylic acids is 3. The molecule has 6 atom stereocenters. The number of para-hydroxylation sites is 2. The SMILES string of the molecule is Cc1nc2c(n1-c1ccccc1)CC[C@H]1[C@H](C)C(=O)C(C(N)=O)=C[C@]21C.[3HH].[3H][3H].[3H][3H].[3H][3H].[3H][3H].[3H][3H].[3H][3H].[3H][3H].[3H][3H].[3H][3H].[3H][3H].[3H][3H].[3H][3H].[3H][3H].[3H][3H].[3H][3H].[C-]#[N+]C1=C[C@]2(C)c3nc(C)n(-c4ccccc4)c3CC[C@H]2[C@H](C)C1=O. The quantitative estimate of drug-likeness (QED) is 0.164. The fourth-order valence-electron chi connectivity index (χ4n) is 9.59. The number of nitrogens with two attached hydrogens (primary N) is 1. The second-order valence-corrected chi connectivity index (χ2v) is 15.0. The fraction of sp³-hybridized carbons (Fsp3) is 0.381. The van der Waals surface area contributed by atoms with E-state index >= 15 is 0 Å². The molecule has 0 spiro atoms. The molecule has 1 amide bonds. The molecule has 4 aliphatic rings. The predicted octanol–water partition coefficient (Wildman–Crippen LogP) is 10.6. The van der Waals surface area contributed by atoms with Crippen molar-refractivity contribution in [1.82, 2.24) is 19.1 Å². The monoisotopic (exact) mass is 775 g/mol. The normalized spacial score (nSPS) is 30.1. The molecule has 0 saturated heterocycles. The first-order valence-corrected chi connectivity index (χ1v) is 17.8. The van der Waals surface area contributed by atoms with Crippen LogP contribution in [-0.4, -0.2) is 36.6 Å². The van der Waals surface area contributed by atoms with E-state index in [4.69, 9.17) is 66.8 Å². The molecular formula is C42H76N6O3. The average Bonchev–Trinajstić information content (AvgIpc) is 4.11. The molecule has 2 heterocycles. The molecule has 2 N–H and O–H groups in total. The molecule has 0 unspecified atom stereocenters. The number of imidazole rings is 2. The van der Waals surface area contributed by atoms with Crippen molar-refractivity contribution in [3.8, 4) is 11.4 Å². The summed E-state index contributed by atoms with van der Waals surface area (Å²) in [6.45, 7) is 19.5. The van der Waals surface area contributed by atoms with Crippen molar-refractivity contribution in [2.75, 3.05) is 0 Å². The Hall–Kier alpha value is -5.36. The van der Waals surface area contributed by atoms with Crippen molar-refractivity contribution in [1.29, 1.82) is 0 Å². The van der Waals surface area contributed by atoms with Gasteiger partial charge in [0.2, 0.25) is 5.70 Å². The Labute approximate surface area is 346 Å². The topological polar surface area (TPSA) is 117 Å². The van der Waals surface area contributed by atoms with Crippen LogP contribution in [0.1, 0.15) is 121 Å². The summed E-state index contributed by atoms with van der Waals surface area (Å²) in [5, 5.41) is 0. The Bertz CT molecular complexity index is 2260. The smallest absolute Gasteiger partial charge is 0.252 e. The first-order valence-electron chi connectivity index (χ1n) is 32.8. The number of aryl methyl sites for hydroxylation is 2. The summed E-state index contributed by atoms with van der Waals surface area (Å²) in [5.41, 5.74) is 11.6. The van der Waals surface area contributed by atoms with Crippen molar-refractivity contribution >= 4 is 17.5 Å². The molecule has 0 bridgehead atoms. The molecule has 9 nitrogen and oxygen atoms in total. The summed E-state index contributed by atoms with van der Waals surface area (Å²) >= 11 is 0. The second-order valence-electron chi connectivity index (χ2n) is 15.0. The number of fused-ring (bicyclic) bond motifs is 6. The van der Waals surface area contributed by atoms with Gasteiger partial charge in [-0.05, 0) is 75.6 Å². The van der Waals surface area contributed by atoms with Crippen molar-refractivity contribution in [2.24, 2.45) is 29.4 Å². The number of hydrogen-bond acceptors (Lipinski definition) is 5. The van der Waals surface area contributed by atoms with Crippen molar-refractivity contribution in [3.05, 3.63) is 130 Å². The summed E-state index contributed by atoms with van der Waals surface area (Å²) in [7, 11) is 0. The summed E-state index contributed by atoms with van der Waals surface area (Å²) in [4.78, 5) is 50.2. The number of rotatable bonds is 3. The maximum Gasteiger partial charge on any atom is 0.252 e. The fourth-order valence-corrected chi connectivity index (χ4v) is 9.59. The maximum absolute atomic E-state index is 12.6. The summed E-state index contributed by atoms with van der Waals surface area (Å²) in [6.07, 6.45) is 7.26. The van der Waals surface area contributed by atoms with E-state index in [-0.39, 0.29) is 53.3 Å². The minimum Gasteiger partial charge on any atom is -0.365 e. The maximum atomic E-state index is 12.6. The van der Waals surface area contributed by atoms with Crippen LogP contribution in [0.25, 0.3) is 16.2 Å². The lowest BCUT2D eigenvalue weighted by Gasteiger charge is -2.44. The zero-order valence-electron chi connectivity index (χ0n) is 60.1. The average molecular weight is 775 g/mol. The zero-order valence-corrected chi connectivity index (χ0v) is 30.1. The van der Waals surface area contributed by atoms with E-state index < -0.39 is 11.3 Å². The van der Waals surface area contributed by atoms with Gasteiger partial charge in [0, 0.05) is 91.4 Å². The van der Waals surface area contributed by atoms with Crippen LogP contribution >= 0.6 is 0 Å². The molecule has 51 heavy (non-hydrogen) atoms. The van der Waals surface area contributed by atoms with E-state index in [0.29, 0.717) is 0 Å². The van der Waals surface area contributed by atoms with Crippen LogP contribution in [-0.2, 0) is 38.1 Å². The van der Waals surface area contributed by atoms with Crippen LogP contribution in [0.3, 0.4) is 0 Å². The standard InChI is InChI=1S/C21H23N3O2.C21H21N3O.16H2/c1-12-16-9-10-17-19(21(16,3)11-15(18(12)25)20(22)26)23-13(2)24(17)14-7-5-4-6-8-14;1-13-16-10-11-18-20(21(16,3)12-17(22-4)19(13)25)23-14(2)24(18)15-8-6-5-7-9-15;;;;;;;;;;;;;;;;/h4-8,11-12,16H,9-10H2,1-3H3,(H2,22,26);5-9,12-13,16H,10-11H2,1-3H3;16*1H/t12-,16-,21-;13-,16-,21-;;;;;;;;;;;;;;;;/m00................/s1/i;;15*1+2T;1+2. The first kappa shape index (κ1) is 20.5. The Morgan fingerprint density at radius 3 is 1.67 bits per heavy atom. The molecule has 0 aliphatic heterocycles. The molecule has 4 aliphatic carbocycles. The highest BCUT2D eigenvalue weighted by Gasteiger charge is 2.51. The van der Waals surface area contributed by atoms with Gasteiger partial charge < -0.3 is 19.7 Å². The Morgan fingerprint density at radius 2 is 1.24 bits per heavy atom. The van der Waals surface area contributed by atoms with E-state index in [1.807, 2.05) is 70.2 Å². The highest BCUT2D eigenvalue weighted by atomic mass is 16.2. The van der Waals surface area contributed by atoms with E-state index in [1.54, 1.807) is 6.08 Å². The number of aromatic nitrogens is 4. The minimum absolute atomic E-state index is 0. The largest absolute Gasteiger partial charge is 0.365 e. The molecule has 2 aromatic heterocycles. The number of allylic oxidation sites excluding steroid dienone is 3. The van der Waals surface area contributed by atoms with Gasteiger partial charge >= 0.3 is 0 Å². The molecule has 0 radical (unpaired) electrons. The summed E-state index contributed by atoms with van der Waals surface area (Å²) in [5.74, 6) is 1.05. The van der Waals surface area contributed by atoms with Crippen LogP contribution in [0.2, 0.25) is 0 Å². The van der Waals surface area contributed by atoms with Gasteiger partial charge in [0.1, 0.15) is 11.6 Å². The molecule has 9 heteroatoms. The van der Waals surface area contributed by atoms with Gasteiger partial charge in [-0.1, -0.05) is 76.2 Å². The van der Waals surface area contributed by atoms with E-state index in [9.17, 15) is 14.4 Å². The van der Waals surface area contributed by atoms with Gasteiger partial charge in [0.05, 0.1) is 23.5 Å². The number of ketones is 2. The third kappa shape index (κ3) is 5.22. The van der Waals surface area contributed by atoms with E-state index in [2.05, 4.69) is 52.1 Å². The molecular weight excluding hydrogens is 637 g/mol. The van der Waals surface area contributed by atoms with Gasteiger partial charge in [-0.15, -0.1) is 0 Å². The van der Waals surface area contributed by atoms with Gasteiger partial charge in [0.15, 0.2) is 11.6 Å². The number of carbonyl (C=O) groups is 3. The molecule has 4 aromatic rings. The number of amides is 1. The van der Waals surface area contributed by atoms with Crippen LogP contribution in [0.15, 0.2) is 84.1 Å². The van der Waals surface area contributed by atoms with Gasteiger partial charge in [-0.2, -0.15) is 0 Å². The van der Waals surface area contributed by atoms with Crippen LogP contribution in [0.4, 0.5) is 0 Å². The van der Waals surface area contributed by atoms with Crippen molar-refractivity contribution < 1.29 is 60.4 Å². The lowest BCUT2D eigenvalue weighted by Crippen LogP contribution is -2.47.